The Balaban J connectivity index is 1.37. The molecule has 1 aliphatic heterocycles. The average molecular weight is 353 g/mol. The third-order valence-electron chi connectivity index (χ3n) is 4.78. The highest BCUT2D eigenvalue weighted by Crippen LogP contribution is 2.11. The van der Waals surface area contributed by atoms with Crippen LogP contribution in [-0.4, -0.2) is 50.2 Å². The lowest BCUT2D eigenvalue weighted by molar-refractivity contribution is 0.0982. The van der Waals surface area contributed by atoms with Crippen molar-refractivity contribution in [2.45, 2.75) is 20.1 Å². The molecule has 0 aliphatic carbocycles. The number of benzene rings is 1. The van der Waals surface area contributed by atoms with E-state index in [0.717, 1.165) is 49.8 Å². The van der Waals surface area contributed by atoms with E-state index in [4.69, 9.17) is 12.2 Å². The smallest absolute Gasteiger partial charge is 0.203 e. The van der Waals surface area contributed by atoms with E-state index in [1.165, 1.54) is 11.1 Å². The molecule has 1 aliphatic rings. The summed E-state index contributed by atoms with van der Waals surface area (Å²) in [5.74, 6) is 0. The van der Waals surface area contributed by atoms with Gasteiger partial charge in [0.1, 0.15) is 0 Å². The molecule has 0 saturated carbocycles. The highest BCUT2D eigenvalue weighted by molar-refractivity contribution is 7.71. The first kappa shape index (κ1) is 16.4. The van der Waals surface area contributed by atoms with Gasteiger partial charge in [-0.25, -0.2) is 4.68 Å². The highest BCUT2D eigenvalue weighted by Gasteiger charge is 2.18. The maximum absolute atomic E-state index is 5.54. The van der Waals surface area contributed by atoms with Crippen molar-refractivity contribution < 1.29 is 0 Å². The van der Waals surface area contributed by atoms with Crippen LogP contribution >= 0.6 is 12.2 Å². The van der Waals surface area contributed by atoms with Gasteiger partial charge in [-0.2, -0.15) is 5.10 Å². The molecule has 0 N–H and O–H groups in total. The second-order valence-corrected chi connectivity index (χ2v) is 7.10. The number of rotatable bonds is 4. The summed E-state index contributed by atoms with van der Waals surface area (Å²) in [7, 11) is 0. The van der Waals surface area contributed by atoms with Gasteiger partial charge in [0.25, 0.3) is 0 Å². The van der Waals surface area contributed by atoms with Crippen LogP contribution in [0.15, 0.2) is 48.7 Å². The number of hydrogen-bond acceptors (Lipinski definition) is 4. The predicted molar refractivity (Wildman–Crippen MR) is 102 cm³/mol. The lowest BCUT2D eigenvalue weighted by Crippen LogP contribution is -2.46. The molecule has 1 aromatic carbocycles. The summed E-state index contributed by atoms with van der Waals surface area (Å²) in [5.41, 5.74) is 3.64. The Kier molecular flexibility index (Phi) is 4.65. The molecular weight excluding hydrogens is 330 g/mol. The summed E-state index contributed by atoms with van der Waals surface area (Å²) in [6.45, 7) is 8.19. The number of piperazine rings is 1. The van der Waals surface area contributed by atoms with Crippen LogP contribution in [0, 0.1) is 11.7 Å². The van der Waals surface area contributed by atoms with E-state index in [9.17, 15) is 0 Å². The molecule has 0 amide bonds. The van der Waals surface area contributed by atoms with Gasteiger partial charge < -0.3 is 0 Å². The van der Waals surface area contributed by atoms with Crippen molar-refractivity contribution in [2.24, 2.45) is 0 Å². The van der Waals surface area contributed by atoms with Crippen molar-refractivity contribution in [3.8, 4) is 0 Å². The zero-order chi connectivity index (χ0) is 17.2. The number of hydrogen-bond donors (Lipinski definition) is 0. The highest BCUT2D eigenvalue weighted by atomic mass is 32.1. The van der Waals surface area contributed by atoms with Gasteiger partial charge in [0.15, 0.2) is 5.65 Å². The van der Waals surface area contributed by atoms with Crippen LogP contribution in [0.4, 0.5) is 0 Å². The largest absolute Gasteiger partial charge is 0.297 e. The Bertz CT molecular complexity index is 921. The molecule has 0 unspecified atom stereocenters. The van der Waals surface area contributed by atoms with Gasteiger partial charge in [-0.1, -0.05) is 35.9 Å². The fourth-order valence-electron chi connectivity index (χ4n) is 3.41. The van der Waals surface area contributed by atoms with Crippen molar-refractivity contribution in [1.82, 2.24) is 24.0 Å². The van der Waals surface area contributed by atoms with E-state index >= 15 is 0 Å². The third-order valence-corrected chi connectivity index (χ3v) is 5.18. The minimum Gasteiger partial charge on any atom is -0.297 e. The van der Waals surface area contributed by atoms with Crippen molar-refractivity contribution in [2.75, 3.05) is 26.2 Å². The van der Waals surface area contributed by atoms with Gasteiger partial charge in [-0.3, -0.25) is 14.2 Å². The summed E-state index contributed by atoms with van der Waals surface area (Å²) < 4.78 is 4.65. The van der Waals surface area contributed by atoms with Crippen molar-refractivity contribution in [1.29, 1.82) is 0 Å². The Morgan fingerprint density at radius 2 is 1.80 bits per heavy atom. The number of aryl methyl sites for hydroxylation is 1. The number of nitrogens with zero attached hydrogens (tertiary/aromatic N) is 5. The fourth-order valence-corrected chi connectivity index (χ4v) is 3.66. The minimum absolute atomic E-state index is 0.762. The van der Waals surface area contributed by atoms with Crippen LogP contribution < -0.4 is 0 Å². The van der Waals surface area contributed by atoms with E-state index in [1.54, 1.807) is 0 Å². The van der Waals surface area contributed by atoms with Crippen LogP contribution in [0.25, 0.3) is 5.65 Å². The summed E-state index contributed by atoms with van der Waals surface area (Å²) in [6, 6.07) is 14.8. The van der Waals surface area contributed by atoms with Gasteiger partial charge in [-0.05, 0) is 36.8 Å². The van der Waals surface area contributed by atoms with Gasteiger partial charge in [-0.15, -0.1) is 0 Å². The molecule has 0 bridgehead atoms. The monoisotopic (exact) mass is 353 g/mol. The summed E-state index contributed by atoms with van der Waals surface area (Å²) in [6.07, 6.45) is 1.97. The topological polar surface area (TPSA) is 28.7 Å². The molecule has 130 valence electrons. The minimum atomic E-state index is 0.762. The average Bonchev–Trinajstić information content (AvgIpc) is 2.93. The van der Waals surface area contributed by atoms with E-state index in [2.05, 4.69) is 46.1 Å². The first-order chi connectivity index (χ1) is 12.2. The van der Waals surface area contributed by atoms with Crippen LogP contribution in [0.2, 0.25) is 0 Å². The molecule has 0 radical (unpaired) electrons. The molecule has 2 aromatic heterocycles. The zero-order valence-electron chi connectivity index (χ0n) is 14.5. The van der Waals surface area contributed by atoms with E-state index in [1.807, 2.05) is 33.5 Å². The second-order valence-electron chi connectivity index (χ2n) is 6.74. The Morgan fingerprint density at radius 3 is 2.56 bits per heavy atom. The number of fused-ring (bicyclic) bond motifs is 1. The molecule has 1 saturated heterocycles. The fraction of sp³-hybridized carbons (Fsp3) is 0.368. The molecule has 3 heterocycles. The van der Waals surface area contributed by atoms with Crippen molar-refractivity contribution >= 4 is 17.9 Å². The quantitative estimate of drug-likeness (QED) is 0.675. The van der Waals surface area contributed by atoms with Gasteiger partial charge >= 0.3 is 0 Å². The van der Waals surface area contributed by atoms with Crippen LogP contribution in [0.3, 0.4) is 0 Å². The second kappa shape index (κ2) is 7.07. The maximum atomic E-state index is 5.54. The van der Waals surface area contributed by atoms with Gasteiger partial charge in [0, 0.05) is 38.9 Å². The molecule has 0 atom stereocenters. The summed E-state index contributed by atoms with van der Waals surface area (Å²) in [4.78, 5) is 4.95. The Labute approximate surface area is 153 Å². The SMILES string of the molecule is Cc1cccc(CN2CCN(Cn3nc4ccccn4c3=S)CC2)c1. The van der Waals surface area contributed by atoms with Crippen LogP contribution in [-0.2, 0) is 13.2 Å². The normalized spacial score (nSPS) is 16.5. The lowest BCUT2D eigenvalue weighted by atomic mass is 10.1. The van der Waals surface area contributed by atoms with Gasteiger partial charge in [0.2, 0.25) is 4.77 Å². The van der Waals surface area contributed by atoms with E-state index in [-0.39, 0.29) is 0 Å². The lowest BCUT2D eigenvalue weighted by Gasteiger charge is -2.34. The zero-order valence-corrected chi connectivity index (χ0v) is 15.3. The molecule has 5 nitrogen and oxygen atoms in total. The third kappa shape index (κ3) is 3.66. The maximum Gasteiger partial charge on any atom is 0.203 e. The van der Waals surface area contributed by atoms with Crippen LogP contribution in [0.1, 0.15) is 11.1 Å². The number of pyridine rings is 1. The van der Waals surface area contributed by atoms with Crippen molar-refractivity contribution in [3.63, 3.8) is 0 Å². The first-order valence-corrected chi connectivity index (χ1v) is 9.14. The molecule has 0 spiro atoms. The van der Waals surface area contributed by atoms with Crippen LogP contribution in [0.5, 0.6) is 0 Å². The van der Waals surface area contributed by atoms with Crippen molar-refractivity contribution in [3.05, 3.63) is 64.6 Å². The molecular formula is C19H23N5S. The molecule has 1 fully saturated rings. The molecule has 4 rings (SSSR count). The van der Waals surface area contributed by atoms with Gasteiger partial charge in [0.05, 0.1) is 6.67 Å². The Morgan fingerprint density at radius 1 is 1.00 bits per heavy atom. The number of aromatic nitrogens is 3. The molecule has 25 heavy (non-hydrogen) atoms. The molecule has 3 aromatic rings. The van der Waals surface area contributed by atoms with E-state index < -0.39 is 0 Å². The summed E-state index contributed by atoms with van der Waals surface area (Å²) >= 11 is 5.54. The first-order valence-electron chi connectivity index (χ1n) is 8.73. The molecule has 6 heteroatoms. The Hall–Kier alpha value is -2.02. The predicted octanol–water partition coefficient (Wildman–Crippen LogP) is 2.95. The summed E-state index contributed by atoms with van der Waals surface area (Å²) in [5, 5.41) is 4.62. The standard InChI is InChI=1S/C19H23N5S/c1-16-5-4-6-17(13-16)14-21-9-11-22(12-10-21)15-24-19(25)23-8-3-2-7-18(23)20-24/h2-8,13H,9-12,14-15H2,1H3. The van der Waals surface area contributed by atoms with E-state index in [0.29, 0.717) is 0 Å².